The van der Waals surface area contributed by atoms with Crippen LogP contribution in [0.3, 0.4) is 0 Å². The maximum absolute atomic E-state index is 11.1. The molecule has 2 aliphatic rings. The molecular weight excluding hydrogens is 190 g/mol. The molecular formula is C12H21NO2. The van der Waals surface area contributed by atoms with Gasteiger partial charge in [0.25, 0.3) is 0 Å². The zero-order chi connectivity index (χ0) is 10.9. The molecule has 1 aliphatic heterocycles. The van der Waals surface area contributed by atoms with E-state index in [0.717, 1.165) is 24.7 Å². The summed E-state index contributed by atoms with van der Waals surface area (Å²) < 4.78 is 5.05. The maximum Gasteiger partial charge on any atom is 0.407 e. The van der Waals surface area contributed by atoms with Gasteiger partial charge in [-0.25, -0.2) is 4.79 Å². The van der Waals surface area contributed by atoms with Gasteiger partial charge in [0.2, 0.25) is 0 Å². The molecule has 2 unspecified atom stereocenters. The van der Waals surface area contributed by atoms with E-state index in [-0.39, 0.29) is 11.6 Å². The number of carbonyl (C=O) groups excluding carboxylic acids is 1. The molecule has 1 spiro atoms. The highest BCUT2D eigenvalue weighted by molar-refractivity contribution is 5.70. The molecule has 1 amide bonds. The van der Waals surface area contributed by atoms with Crippen molar-refractivity contribution in [3.05, 3.63) is 0 Å². The summed E-state index contributed by atoms with van der Waals surface area (Å²) in [6, 6.07) is 0. The van der Waals surface area contributed by atoms with Crippen LogP contribution in [0.1, 0.15) is 46.0 Å². The zero-order valence-corrected chi connectivity index (χ0v) is 9.71. The Morgan fingerprint density at radius 1 is 1.60 bits per heavy atom. The number of alkyl carbamates (subject to hydrolysis) is 1. The second-order valence-electron chi connectivity index (χ2n) is 5.57. The Hall–Kier alpha value is -0.730. The largest absolute Gasteiger partial charge is 0.447 e. The molecule has 0 bridgehead atoms. The van der Waals surface area contributed by atoms with Crippen LogP contribution in [0.2, 0.25) is 0 Å². The summed E-state index contributed by atoms with van der Waals surface area (Å²) in [5, 5.41) is 3.01. The monoisotopic (exact) mass is 211 g/mol. The number of hydrogen-bond donors (Lipinski definition) is 1. The van der Waals surface area contributed by atoms with Gasteiger partial charge in [0.05, 0.1) is 5.54 Å². The lowest BCUT2D eigenvalue weighted by Crippen LogP contribution is -2.47. The van der Waals surface area contributed by atoms with E-state index in [2.05, 4.69) is 19.2 Å². The molecule has 1 aliphatic carbocycles. The third kappa shape index (κ3) is 2.44. The quantitative estimate of drug-likeness (QED) is 0.762. The summed E-state index contributed by atoms with van der Waals surface area (Å²) in [5.41, 5.74) is -0.0190. The molecule has 0 aromatic heterocycles. The Morgan fingerprint density at radius 3 is 3.00 bits per heavy atom. The number of cyclic esters (lactones) is 1. The average Bonchev–Trinajstić information content (AvgIpc) is 2.46. The van der Waals surface area contributed by atoms with Crippen molar-refractivity contribution in [2.75, 3.05) is 6.61 Å². The molecule has 1 saturated heterocycles. The topological polar surface area (TPSA) is 38.3 Å². The van der Waals surface area contributed by atoms with Gasteiger partial charge in [-0.1, -0.05) is 26.7 Å². The van der Waals surface area contributed by atoms with Crippen molar-refractivity contribution < 1.29 is 9.53 Å². The second kappa shape index (κ2) is 4.03. The number of hydrogen-bond acceptors (Lipinski definition) is 2. The lowest BCUT2D eigenvalue weighted by molar-refractivity contribution is 0.145. The first-order valence-corrected chi connectivity index (χ1v) is 6.05. The van der Waals surface area contributed by atoms with Crippen molar-refractivity contribution in [2.24, 2.45) is 11.8 Å². The molecule has 2 atom stereocenters. The first-order valence-electron chi connectivity index (χ1n) is 6.05. The van der Waals surface area contributed by atoms with Gasteiger partial charge in [-0.2, -0.15) is 0 Å². The minimum atomic E-state index is -0.222. The SMILES string of the molecule is CC(C)CC1CCCC2(COC(=O)N2)C1. The van der Waals surface area contributed by atoms with Crippen LogP contribution >= 0.6 is 0 Å². The van der Waals surface area contributed by atoms with Gasteiger partial charge in [0, 0.05) is 0 Å². The third-order valence-corrected chi connectivity index (χ3v) is 3.60. The van der Waals surface area contributed by atoms with Crippen LogP contribution in [0.5, 0.6) is 0 Å². The number of amides is 1. The van der Waals surface area contributed by atoms with E-state index in [1.54, 1.807) is 0 Å². The molecule has 2 rings (SSSR count). The molecule has 0 aromatic rings. The molecule has 86 valence electrons. The number of carbonyl (C=O) groups is 1. The summed E-state index contributed by atoms with van der Waals surface area (Å²) in [4.78, 5) is 11.1. The number of nitrogens with one attached hydrogen (secondary N) is 1. The van der Waals surface area contributed by atoms with Gasteiger partial charge in [-0.05, 0) is 31.1 Å². The molecule has 1 saturated carbocycles. The van der Waals surface area contributed by atoms with Crippen molar-refractivity contribution >= 4 is 6.09 Å². The minimum absolute atomic E-state index is 0.0190. The number of rotatable bonds is 2. The molecule has 2 fully saturated rings. The Kier molecular flexibility index (Phi) is 2.89. The van der Waals surface area contributed by atoms with E-state index in [9.17, 15) is 4.79 Å². The molecule has 15 heavy (non-hydrogen) atoms. The van der Waals surface area contributed by atoms with Crippen molar-refractivity contribution in [3.63, 3.8) is 0 Å². The zero-order valence-electron chi connectivity index (χ0n) is 9.71. The molecule has 3 nitrogen and oxygen atoms in total. The summed E-state index contributed by atoms with van der Waals surface area (Å²) in [7, 11) is 0. The Labute approximate surface area is 91.6 Å². The van der Waals surface area contributed by atoms with Crippen molar-refractivity contribution in [2.45, 2.75) is 51.5 Å². The Bertz CT molecular complexity index is 252. The third-order valence-electron chi connectivity index (χ3n) is 3.60. The standard InChI is InChI=1S/C12H21NO2/c1-9(2)6-10-4-3-5-12(7-10)8-15-11(14)13-12/h9-10H,3-8H2,1-2H3,(H,13,14). The van der Waals surface area contributed by atoms with E-state index < -0.39 is 0 Å². The highest BCUT2D eigenvalue weighted by atomic mass is 16.6. The molecule has 1 heterocycles. The summed E-state index contributed by atoms with van der Waals surface area (Å²) in [6.07, 6.45) is 5.79. The highest BCUT2D eigenvalue weighted by Crippen LogP contribution is 2.37. The van der Waals surface area contributed by atoms with E-state index in [0.29, 0.717) is 6.61 Å². The van der Waals surface area contributed by atoms with Gasteiger partial charge in [-0.3, -0.25) is 0 Å². The fourth-order valence-corrected chi connectivity index (χ4v) is 3.09. The normalized spacial score (nSPS) is 35.7. The van der Waals surface area contributed by atoms with Crippen LogP contribution in [-0.2, 0) is 4.74 Å². The molecule has 3 heteroatoms. The van der Waals surface area contributed by atoms with Crippen molar-refractivity contribution in [1.82, 2.24) is 5.32 Å². The second-order valence-corrected chi connectivity index (χ2v) is 5.57. The first-order chi connectivity index (χ1) is 7.10. The summed E-state index contributed by atoms with van der Waals surface area (Å²) in [6.45, 7) is 5.12. The lowest BCUT2D eigenvalue weighted by atomic mass is 9.74. The van der Waals surface area contributed by atoms with Gasteiger partial charge >= 0.3 is 6.09 Å². The predicted octanol–water partition coefficient (Wildman–Crippen LogP) is 2.70. The average molecular weight is 211 g/mol. The van der Waals surface area contributed by atoms with E-state index >= 15 is 0 Å². The van der Waals surface area contributed by atoms with Crippen LogP contribution in [0.15, 0.2) is 0 Å². The van der Waals surface area contributed by atoms with Gasteiger partial charge in [0.15, 0.2) is 0 Å². The molecule has 0 aromatic carbocycles. The fraction of sp³-hybridized carbons (Fsp3) is 0.917. The van der Waals surface area contributed by atoms with Gasteiger partial charge in [-0.15, -0.1) is 0 Å². The van der Waals surface area contributed by atoms with Crippen LogP contribution in [0.4, 0.5) is 4.79 Å². The van der Waals surface area contributed by atoms with Crippen molar-refractivity contribution in [3.8, 4) is 0 Å². The van der Waals surface area contributed by atoms with E-state index in [1.165, 1.54) is 19.3 Å². The van der Waals surface area contributed by atoms with E-state index in [4.69, 9.17) is 4.74 Å². The van der Waals surface area contributed by atoms with Crippen LogP contribution in [-0.4, -0.2) is 18.2 Å². The fourth-order valence-electron chi connectivity index (χ4n) is 3.09. The molecule has 0 radical (unpaired) electrons. The van der Waals surface area contributed by atoms with Gasteiger partial charge in [0.1, 0.15) is 6.61 Å². The van der Waals surface area contributed by atoms with Crippen LogP contribution in [0, 0.1) is 11.8 Å². The number of ether oxygens (including phenoxy) is 1. The van der Waals surface area contributed by atoms with Crippen LogP contribution in [0.25, 0.3) is 0 Å². The Morgan fingerprint density at radius 2 is 2.40 bits per heavy atom. The lowest BCUT2D eigenvalue weighted by Gasteiger charge is -2.36. The smallest absolute Gasteiger partial charge is 0.407 e. The summed E-state index contributed by atoms with van der Waals surface area (Å²) in [5.74, 6) is 1.52. The molecule has 1 N–H and O–H groups in total. The maximum atomic E-state index is 11.1. The van der Waals surface area contributed by atoms with Crippen LogP contribution < -0.4 is 5.32 Å². The first kappa shape index (κ1) is 10.8. The van der Waals surface area contributed by atoms with E-state index in [1.807, 2.05) is 0 Å². The highest BCUT2D eigenvalue weighted by Gasteiger charge is 2.43. The van der Waals surface area contributed by atoms with Gasteiger partial charge < -0.3 is 10.1 Å². The predicted molar refractivity (Wildman–Crippen MR) is 58.6 cm³/mol. The Balaban J connectivity index is 1.94. The minimum Gasteiger partial charge on any atom is -0.447 e. The van der Waals surface area contributed by atoms with Crippen molar-refractivity contribution in [1.29, 1.82) is 0 Å². The summed E-state index contributed by atoms with van der Waals surface area (Å²) >= 11 is 0.